The third kappa shape index (κ3) is 3.40. The lowest BCUT2D eigenvalue weighted by atomic mass is 10.2. The molecule has 21 heavy (non-hydrogen) atoms. The van der Waals surface area contributed by atoms with Gasteiger partial charge < -0.3 is 4.57 Å². The average molecular weight is 392 g/mol. The maximum absolute atomic E-state index is 13.9. The molecule has 0 amide bonds. The summed E-state index contributed by atoms with van der Waals surface area (Å²) < 4.78 is 16.5. The number of fused-ring (bicyclic) bond motifs is 1. The predicted molar refractivity (Wildman–Crippen MR) is 91.9 cm³/mol. The van der Waals surface area contributed by atoms with Gasteiger partial charge in [-0.3, -0.25) is 0 Å². The first-order chi connectivity index (χ1) is 10.2. The Hall–Kier alpha value is -0.260. The van der Waals surface area contributed by atoms with E-state index in [0.29, 0.717) is 22.0 Å². The smallest absolute Gasteiger partial charge is 0.139 e. The molecule has 114 valence electrons. The topological polar surface area (TPSA) is 17.8 Å². The van der Waals surface area contributed by atoms with E-state index < -0.39 is 0 Å². The van der Waals surface area contributed by atoms with E-state index in [-0.39, 0.29) is 5.82 Å². The third-order valence-electron chi connectivity index (χ3n) is 3.85. The highest BCUT2D eigenvalue weighted by molar-refractivity contribution is 9.10. The molecular weight excluding hydrogens is 375 g/mol. The van der Waals surface area contributed by atoms with Crippen molar-refractivity contribution in [1.82, 2.24) is 9.55 Å². The summed E-state index contributed by atoms with van der Waals surface area (Å²) in [6.07, 6.45) is 4.54. The number of hydrogen-bond donors (Lipinski definition) is 0. The molecule has 6 heteroatoms. The molecule has 2 heterocycles. The Morgan fingerprint density at radius 3 is 3.00 bits per heavy atom. The number of hydrogen-bond acceptors (Lipinski definition) is 2. The molecule has 0 aliphatic carbocycles. The molecule has 3 rings (SSSR count). The first-order valence-corrected chi connectivity index (χ1v) is 9.58. The second-order valence-corrected chi connectivity index (χ2v) is 7.96. The SMILES string of the molecule is Fc1cc2c(cc1Br)nc(CCCl)n2CC1CCCCS1. The van der Waals surface area contributed by atoms with Crippen LogP contribution in [-0.2, 0) is 13.0 Å². The van der Waals surface area contributed by atoms with Crippen LogP contribution in [0.15, 0.2) is 16.6 Å². The molecule has 1 unspecified atom stereocenters. The second kappa shape index (κ2) is 6.88. The molecule has 2 aromatic rings. The van der Waals surface area contributed by atoms with Crippen LogP contribution in [0.4, 0.5) is 4.39 Å². The van der Waals surface area contributed by atoms with Crippen LogP contribution in [-0.4, -0.2) is 26.4 Å². The van der Waals surface area contributed by atoms with Gasteiger partial charge in [-0.2, -0.15) is 11.8 Å². The minimum Gasteiger partial charge on any atom is -0.327 e. The first-order valence-electron chi connectivity index (χ1n) is 7.21. The van der Waals surface area contributed by atoms with Crippen molar-refractivity contribution in [3.8, 4) is 0 Å². The summed E-state index contributed by atoms with van der Waals surface area (Å²) in [4.78, 5) is 4.64. The first kappa shape index (κ1) is 15.6. The predicted octanol–water partition coefficient (Wildman–Crippen LogP) is 5.00. The summed E-state index contributed by atoms with van der Waals surface area (Å²) in [7, 11) is 0. The number of rotatable bonds is 4. The van der Waals surface area contributed by atoms with Gasteiger partial charge in [0, 0.05) is 30.2 Å². The van der Waals surface area contributed by atoms with Crippen molar-refractivity contribution in [3.05, 3.63) is 28.2 Å². The molecule has 0 spiro atoms. The summed E-state index contributed by atoms with van der Waals surface area (Å²) in [6, 6.07) is 3.34. The molecule has 1 fully saturated rings. The minimum absolute atomic E-state index is 0.239. The fourth-order valence-electron chi connectivity index (χ4n) is 2.80. The number of aromatic nitrogens is 2. The molecule has 1 saturated heterocycles. The van der Waals surface area contributed by atoms with E-state index in [1.807, 2.05) is 11.8 Å². The molecule has 0 saturated carbocycles. The Bertz CT molecular complexity index is 640. The highest BCUT2D eigenvalue weighted by atomic mass is 79.9. The Morgan fingerprint density at radius 2 is 2.29 bits per heavy atom. The summed E-state index contributed by atoms with van der Waals surface area (Å²) in [5.74, 6) is 2.48. The van der Waals surface area contributed by atoms with Crippen LogP contribution >= 0.6 is 39.3 Å². The van der Waals surface area contributed by atoms with Crippen LogP contribution in [0.2, 0.25) is 0 Å². The van der Waals surface area contributed by atoms with E-state index in [1.54, 1.807) is 12.1 Å². The van der Waals surface area contributed by atoms with E-state index in [2.05, 4.69) is 25.5 Å². The second-order valence-electron chi connectivity index (χ2n) is 5.32. The molecule has 1 aromatic heterocycles. The molecule has 0 bridgehead atoms. The molecule has 1 aromatic carbocycles. The average Bonchev–Trinajstić information content (AvgIpc) is 2.79. The van der Waals surface area contributed by atoms with E-state index in [1.165, 1.54) is 25.0 Å². The Morgan fingerprint density at radius 1 is 1.43 bits per heavy atom. The number of aryl methyl sites for hydroxylation is 1. The molecule has 1 aliphatic rings. The van der Waals surface area contributed by atoms with Gasteiger partial charge in [0.15, 0.2) is 0 Å². The fourth-order valence-corrected chi connectivity index (χ4v) is 4.60. The molecule has 1 atom stereocenters. The summed E-state index contributed by atoms with van der Waals surface area (Å²) in [6.45, 7) is 0.897. The number of benzene rings is 1. The maximum Gasteiger partial charge on any atom is 0.139 e. The van der Waals surface area contributed by atoms with Gasteiger partial charge in [0.1, 0.15) is 11.6 Å². The third-order valence-corrected chi connectivity index (χ3v) is 6.02. The molecule has 0 N–H and O–H groups in total. The fraction of sp³-hybridized carbons (Fsp3) is 0.533. The monoisotopic (exact) mass is 390 g/mol. The highest BCUT2D eigenvalue weighted by Crippen LogP contribution is 2.30. The molecular formula is C15H17BrClFN2S. The van der Waals surface area contributed by atoms with Gasteiger partial charge in [-0.15, -0.1) is 11.6 Å². The van der Waals surface area contributed by atoms with Crippen LogP contribution in [0.5, 0.6) is 0 Å². The number of halogens is 3. The summed E-state index contributed by atoms with van der Waals surface area (Å²) in [5, 5.41) is 0.594. The number of nitrogens with zero attached hydrogens (tertiary/aromatic N) is 2. The number of alkyl halides is 1. The minimum atomic E-state index is -0.239. The van der Waals surface area contributed by atoms with Crippen molar-refractivity contribution in [2.24, 2.45) is 0 Å². The largest absolute Gasteiger partial charge is 0.327 e. The van der Waals surface area contributed by atoms with Crippen LogP contribution in [0, 0.1) is 5.82 Å². The summed E-state index contributed by atoms with van der Waals surface area (Å²) in [5.41, 5.74) is 1.71. The van der Waals surface area contributed by atoms with Gasteiger partial charge in [0.2, 0.25) is 0 Å². The lowest BCUT2D eigenvalue weighted by molar-refractivity contribution is 0.576. The number of thioether (sulfide) groups is 1. The lowest BCUT2D eigenvalue weighted by Gasteiger charge is -2.22. The van der Waals surface area contributed by atoms with Crippen molar-refractivity contribution in [2.45, 2.75) is 37.5 Å². The summed E-state index contributed by atoms with van der Waals surface area (Å²) >= 11 is 11.2. The highest BCUT2D eigenvalue weighted by Gasteiger charge is 2.19. The van der Waals surface area contributed by atoms with E-state index >= 15 is 0 Å². The van der Waals surface area contributed by atoms with Crippen LogP contribution in [0.1, 0.15) is 25.1 Å². The van der Waals surface area contributed by atoms with E-state index in [0.717, 1.165) is 23.4 Å². The Balaban J connectivity index is 2.00. The molecule has 1 aliphatic heterocycles. The van der Waals surface area contributed by atoms with Gasteiger partial charge in [0.05, 0.1) is 15.5 Å². The normalized spacial score (nSPS) is 19.3. The van der Waals surface area contributed by atoms with Crippen molar-refractivity contribution >= 4 is 50.3 Å². The van der Waals surface area contributed by atoms with Crippen LogP contribution in [0.3, 0.4) is 0 Å². The molecule has 0 radical (unpaired) electrons. The van der Waals surface area contributed by atoms with E-state index in [9.17, 15) is 4.39 Å². The molecule has 2 nitrogen and oxygen atoms in total. The van der Waals surface area contributed by atoms with Crippen molar-refractivity contribution < 1.29 is 4.39 Å². The van der Waals surface area contributed by atoms with Crippen molar-refractivity contribution in [1.29, 1.82) is 0 Å². The number of imidazole rings is 1. The van der Waals surface area contributed by atoms with Crippen molar-refractivity contribution in [3.63, 3.8) is 0 Å². The van der Waals surface area contributed by atoms with Crippen LogP contribution < -0.4 is 0 Å². The maximum atomic E-state index is 13.9. The lowest BCUT2D eigenvalue weighted by Crippen LogP contribution is -2.18. The Kier molecular flexibility index (Phi) is 5.12. The van der Waals surface area contributed by atoms with Gasteiger partial charge in [0.25, 0.3) is 0 Å². The van der Waals surface area contributed by atoms with Gasteiger partial charge >= 0.3 is 0 Å². The van der Waals surface area contributed by atoms with Crippen LogP contribution in [0.25, 0.3) is 11.0 Å². The zero-order valence-corrected chi connectivity index (χ0v) is 14.8. The zero-order chi connectivity index (χ0) is 14.8. The van der Waals surface area contributed by atoms with E-state index in [4.69, 9.17) is 11.6 Å². The van der Waals surface area contributed by atoms with Gasteiger partial charge in [-0.1, -0.05) is 6.42 Å². The van der Waals surface area contributed by atoms with Gasteiger partial charge in [-0.25, -0.2) is 9.37 Å². The van der Waals surface area contributed by atoms with Gasteiger partial charge in [-0.05, 0) is 40.6 Å². The Labute approximate surface area is 141 Å². The standard InChI is InChI=1S/C15H17BrClFN2S/c16-11-7-13-14(8-12(11)18)20(15(19-13)4-5-17)9-10-3-1-2-6-21-10/h7-8,10H,1-6,9H2. The van der Waals surface area contributed by atoms with Crippen molar-refractivity contribution in [2.75, 3.05) is 11.6 Å². The quantitative estimate of drug-likeness (QED) is 0.682. The zero-order valence-electron chi connectivity index (χ0n) is 11.6.